The van der Waals surface area contributed by atoms with E-state index in [9.17, 15) is 23.1 Å². The summed E-state index contributed by atoms with van der Waals surface area (Å²) < 4.78 is 26.2. The van der Waals surface area contributed by atoms with E-state index in [4.69, 9.17) is 0 Å². The highest BCUT2D eigenvalue weighted by Gasteiger charge is 2.35. The molecule has 0 unspecified atom stereocenters. The van der Waals surface area contributed by atoms with Gasteiger partial charge in [0.1, 0.15) is 12.3 Å². The van der Waals surface area contributed by atoms with E-state index in [0.29, 0.717) is 25.8 Å². The molecule has 3 N–H and O–H groups in total. The highest BCUT2D eigenvalue weighted by atomic mass is 32.2. The molecule has 0 aliphatic carbocycles. The summed E-state index contributed by atoms with van der Waals surface area (Å²) in [6.07, 6.45) is 1.76. The number of anilines is 1. The lowest BCUT2D eigenvalue weighted by Gasteiger charge is -2.16. The maximum atomic E-state index is 11.8. The van der Waals surface area contributed by atoms with E-state index < -0.39 is 16.1 Å². The Morgan fingerprint density at radius 1 is 1.43 bits per heavy atom. The number of aromatic hydroxyl groups is 1. The number of phenols is 1. The highest BCUT2D eigenvalue weighted by molar-refractivity contribution is 7.92. The summed E-state index contributed by atoms with van der Waals surface area (Å²) in [7, 11) is -3.93. The molecular weight excluding hydrogens is 322 g/mol. The first kappa shape index (κ1) is 17.1. The van der Waals surface area contributed by atoms with Crippen molar-refractivity contribution in [2.45, 2.75) is 26.2 Å². The van der Waals surface area contributed by atoms with Gasteiger partial charge in [-0.1, -0.05) is 13.0 Å². The second-order valence-electron chi connectivity index (χ2n) is 5.17. The molecule has 0 aromatic heterocycles. The van der Waals surface area contributed by atoms with E-state index in [-0.39, 0.29) is 23.9 Å². The fourth-order valence-electron chi connectivity index (χ4n) is 2.24. The van der Waals surface area contributed by atoms with Crippen molar-refractivity contribution in [3.05, 3.63) is 23.8 Å². The Balaban J connectivity index is 2.01. The van der Waals surface area contributed by atoms with Gasteiger partial charge < -0.3 is 10.4 Å². The van der Waals surface area contributed by atoms with Gasteiger partial charge in [0.25, 0.3) is 5.91 Å². The summed E-state index contributed by atoms with van der Waals surface area (Å²) >= 11 is 0. The fourth-order valence-corrected chi connectivity index (χ4v) is 3.41. The van der Waals surface area contributed by atoms with Crippen molar-refractivity contribution < 1.29 is 23.1 Å². The largest absolute Gasteiger partial charge is 0.506 e. The molecule has 0 spiro atoms. The number of hydrogen-bond donors (Lipinski definition) is 3. The van der Waals surface area contributed by atoms with E-state index in [1.165, 1.54) is 12.1 Å². The molecule has 0 radical (unpaired) electrons. The smallest absolute Gasteiger partial charge is 0.326 e. The third kappa shape index (κ3) is 4.13. The van der Waals surface area contributed by atoms with Gasteiger partial charge in [-0.3, -0.25) is 9.59 Å². The van der Waals surface area contributed by atoms with Crippen molar-refractivity contribution in [2.75, 3.05) is 17.4 Å². The molecule has 23 heavy (non-hydrogen) atoms. The van der Waals surface area contributed by atoms with Gasteiger partial charge in [-0.15, -0.1) is 0 Å². The number of amides is 2. The van der Waals surface area contributed by atoms with Crippen molar-refractivity contribution in [2.24, 2.45) is 0 Å². The third-order valence-electron chi connectivity index (χ3n) is 3.41. The lowest BCUT2D eigenvalue weighted by Crippen LogP contribution is -2.29. The first-order valence-corrected chi connectivity index (χ1v) is 8.69. The number of aryl methyl sites for hydroxylation is 1. The Morgan fingerprint density at radius 2 is 2.17 bits per heavy atom. The molecule has 0 bridgehead atoms. The Bertz CT molecular complexity index is 717. The molecule has 1 aliphatic heterocycles. The second kappa shape index (κ2) is 6.86. The minimum Gasteiger partial charge on any atom is -0.506 e. The summed E-state index contributed by atoms with van der Waals surface area (Å²) in [4.78, 5) is 22.3. The zero-order valence-electron chi connectivity index (χ0n) is 12.7. The minimum absolute atomic E-state index is 0.0143. The Kier molecular flexibility index (Phi) is 5.09. The average molecular weight is 341 g/mol. The number of benzene rings is 1. The van der Waals surface area contributed by atoms with E-state index in [1.807, 2.05) is 4.72 Å². The van der Waals surface area contributed by atoms with E-state index in [1.54, 1.807) is 13.0 Å². The lowest BCUT2D eigenvalue weighted by atomic mass is 10.1. The minimum atomic E-state index is -3.93. The van der Waals surface area contributed by atoms with Crippen molar-refractivity contribution in [3.8, 4) is 5.75 Å². The third-order valence-corrected chi connectivity index (χ3v) is 4.81. The zero-order chi connectivity index (χ0) is 17.0. The Morgan fingerprint density at radius 3 is 2.74 bits per heavy atom. The van der Waals surface area contributed by atoms with Gasteiger partial charge >= 0.3 is 10.2 Å². The van der Waals surface area contributed by atoms with Gasteiger partial charge in [0.2, 0.25) is 5.91 Å². The first-order chi connectivity index (χ1) is 10.8. The molecule has 2 rings (SSSR count). The molecule has 0 saturated carbocycles. The van der Waals surface area contributed by atoms with Gasteiger partial charge in [0.15, 0.2) is 0 Å². The van der Waals surface area contributed by atoms with Gasteiger partial charge in [0.05, 0.1) is 5.69 Å². The number of hydrogen-bond acceptors (Lipinski definition) is 5. The summed E-state index contributed by atoms with van der Waals surface area (Å²) in [5.41, 5.74) is 0.874. The predicted molar refractivity (Wildman–Crippen MR) is 84.1 cm³/mol. The summed E-state index contributed by atoms with van der Waals surface area (Å²) in [5.74, 6) is -0.861. The molecule has 9 heteroatoms. The van der Waals surface area contributed by atoms with Crippen LogP contribution in [-0.4, -0.2) is 38.4 Å². The van der Waals surface area contributed by atoms with Crippen LogP contribution in [0.5, 0.6) is 5.75 Å². The first-order valence-electron chi connectivity index (χ1n) is 7.25. The van der Waals surface area contributed by atoms with Crippen LogP contribution in [0.15, 0.2) is 18.2 Å². The maximum absolute atomic E-state index is 11.8. The van der Waals surface area contributed by atoms with Crippen LogP contribution in [0, 0.1) is 0 Å². The zero-order valence-corrected chi connectivity index (χ0v) is 13.5. The van der Waals surface area contributed by atoms with Crippen LogP contribution in [0.4, 0.5) is 5.69 Å². The van der Waals surface area contributed by atoms with Crippen LogP contribution in [0.25, 0.3) is 0 Å². The summed E-state index contributed by atoms with van der Waals surface area (Å²) in [6.45, 7) is 1.96. The number of phenolic OH excluding ortho intramolecular Hbond substituents is 1. The number of nitrogens with one attached hydrogen (secondary N) is 2. The topological polar surface area (TPSA) is 116 Å². The maximum Gasteiger partial charge on any atom is 0.326 e. The fraction of sp³-hybridized carbons (Fsp3) is 0.429. The molecule has 1 fully saturated rings. The van der Waals surface area contributed by atoms with Crippen molar-refractivity contribution in [3.63, 3.8) is 0 Å². The Hall–Kier alpha value is -2.29. The molecule has 1 saturated heterocycles. The second-order valence-corrected chi connectivity index (χ2v) is 6.76. The van der Waals surface area contributed by atoms with Crippen molar-refractivity contribution in [1.82, 2.24) is 10.0 Å². The van der Waals surface area contributed by atoms with Crippen LogP contribution in [0.3, 0.4) is 0 Å². The molecule has 2 amide bonds. The number of rotatable bonds is 6. The van der Waals surface area contributed by atoms with Crippen LogP contribution in [0.1, 0.15) is 25.3 Å². The predicted octanol–water partition coefficient (Wildman–Crippen LogP) is 0.0320. The molecule has 8 nitrogen and oxygen atoms in total. The van der Waals surface area contributed by atoms with E-state index in [2.05, 4.69) is 5.32 Å². The molecule has 0 atom stereocenters. The number of carbonyl (C=O) groups is 2. The van der Waals surface area contributed by atoms with Gasteiger partial charge in [-0.05, 0) is 30.5 Å². The van der Waals surface area contributed by atoms with E-state index in [0.717, 1.165) is 9.87 Å². The molecule has 1 aromatic carbocycles. The van der Waals surface area contributed by atoms with Crippen LogP contribution in [0.2, 0.25) is 0 Å². The molecular formula is C14H19N3O5S. The van der Waals surface area contributed by atoms with Crippen molar-refractivity contribution >= 4 is 27.7 Å². The number of nitrogens with zero attached hydrogens (tertiary/aromatic N) is 1. The summed E-state index contributed by atoms with van der Waals surface area (Å²) in [6, 6.07) is 4.62. The highest BCUT2D eigenvalue weighted by Crippen LogP contribution is 2.31. The number of carbonyl (C=O) groups excluding carboxylic acids is 2. The average Bonchev–Trinajstić information content (AvgIpc) is 2.76. The molecule has 1 heterocycles. The quantitative estimate of drug-likeness (QED) is 0.632. The Labute approximate surface area is 134 Å². The van der Waals surface area contributed by atoms with E-state index >= 15 is 0 Å². The summed E-state index contributed by atoms with van der Waals surface area (Å²) in [5, 5.41) is 12.8. The van der Waals surface area contributed by atoms with Crippen LogP contribution in [-0.2, 0) is 26.2 Å². The van der Waals surface area contributed by atoms with Gasteiger partial charge in [-0.25, -0.2) is 9.03 Å². The van der Waals surface area contributed by atoms with Crippen LogP contribution >= 0.6 is 0 Å². The monoisotopic (exact) mass is 341 g/mol. The molecule has 1 aliphatic rings. The van der Waals surface area contributed by atoms with Crippen molar-refractivity contribution in [1.29, 1.82) is 0 Å². The molecule has 1 aromatic rings. The molecule has 126 valence electrons. The SMILES string of the molecule is CCC(=O)NCCCc1ccc(N2CC(=O)NS2(=O)=O)c(O)c1. The van der Waals surface area contributed by atoms with Crippen LogP contribution < -0.4 is 14.3 Å². The standard InChI is InChI=1S/C14H19N3O5S/c1-2-13(19)15-7-3-4-10-5-6-11(12(18)8-10)17-9-14(20)16-23(17,21)22/h5-6,8,18H,2-4,7,9H2,1H3,(H,15,19)(H,16,20). The normalized spacial score (nSPS) is 16.2. The van der Waals surface area contributed by atoms with Gasteiger partial charge in [0, 0.05) is 13.0 Å². The lowest BCUT2D eigenvalue weighted by molar-refractivity contribution is -0.120. The van der Waals surface area contributed by atoms with Gasteiger partial charge in [-0.2, -0.15) is 8.42 Å².